The Hall–Kier alpha value is -1.31. The zero-order valence-electron chi connectivity index (χ0n) is 12.7. The maximum Gasteiger partial charge on any atom is 0.229 e. The van der Waals surface area contributed by atoms with Gasteiger partial charge in [-0.3, -0.25) is 4.79 Å². The highest BCUT2D eigenvalue weighted by molar-refractivity contribution is 5.95. The summed E-state index contributed by atoms with van der Waals surface area (Å²) in [6.45, 7) is 10.4. The maximum absolute atomic E-state index is 12.2. The van der Waals surface area contributed by atoms with E-state index in [4.69, 9.17) is 0 Å². The van der Waals surface area contributed by atoms with Gasteiger partial charge >= 0.3 is 0 Å². The SMILES string of the molecule is CC(C)(C)C(=O)Nc1ccccc1C(C)(C)C1CC1. The van der Waals surface area contributed by atoms with Crippen molar-refractivity contribution in [2.45, 2.75) is 52.9 Å². The van der Waals surface area contributed by atoms with Crippen LogP contribution in [0.1, 0.15) is 53.0 Å². The number of anilines is 1. The van der Waals surface area contributed by atoms with Gasteiger partial charge in [-0.1, -0.05) is 52.8 Å². The topological polar surface area (TPSA) is 29.1 Å². The summed E-state index contributed by atoms with van der Waals surface area (Å²) in [4.78, 5) is 12.2. The molecule has 2 rings (SSSR count). The second-order valence-electron chi connectivity index (χ2n) is 7.25. The van der Waals surface area contributed by atoms with Crippen molar-refractivity contribution >= 4 is 11.6 Å². The molecule has 2 heteroatoms. The van der Waals surface area contributed by atoms with Gasteiger partial charge in [-0.05, 0) is 35.8 Å². The van der Waals surface area contributed by atoms with Crippen LogP contribution < -0.4 is 5.32 Å². The van der Waals surface area contributed by atoms with Crippen LogP contribution >= 0.6 is 0 Å². The molecular weight excluding hydrogens is 234 g/mol. The van der Waals surface area contributed by atoms with Crippen molar-refractivity contribution in [1.29, 1.82) is 0 Å². The molecule has 1 fully saturated rings. The van der Waals surface area contributed by atoms with Crippen LogP contribution in [0.25, 0.3) is 0 Å². The molecule has 0 aliphatic heterocycles. The van der Waals surface area contributed by atoms with Crippen molar-refractivity contribution in [3.63, 3.8) is 0 Å². The number of amides is 1. The minimum Gasteiger partial charge on any atom is -0.325 e. The van der Waals surface area contributed by atoms with E-state index >= 15 is 0 Å². The summed E-state index contributed by atoms with van der Waals surface area (Å²) in [5.41, 5.74) is 2.01. The van der Waals surface area contributed by atoms with E-state index in [1.165, 1.54) is 18.4 Å². The van der Waals surface area contributed by atoms with E-state index in [2.05, 4.69) is 31.3 Å². The van der Waals surface area contributed by atoms with Gasteiger partial charge in [-0.25, -0.2) is 0 Å². The normalized spacial score (nSPS) is 16.3. The van der Waals surface area contributed by atoms with Crippen molar-refractivity contribution in [2.75, 3.05) is 5.32 Å². The molecule has 1 aromatic rings. The Morgan fingerprint density at radius 2 is 1.68 bits per heavy atom. The van der Waals surface area contributed by atoms with Crippen LogP contribution in [0.3, 0.4) is 0 Å². The first-order valence-electron chi connectivity index (χ1n) is 7.14. The number of hydrogen-bond acceptors (Lipinski definition) is 1. The van der Waals surface area contributed by atoms with Crippen molar-refractivity contribution < 1.29 is 4.79 Å². The lowest BCUT2D eigenvalue weighted by Gasteiger charge is -2.29. The first kappa shape index (κ1) is 14.1. The van der Waals surface area contributed by atoms with E-state index < -0.39 is 0 Å². The summed E-state index contributed by atoms with van der Waals surface area (Å²) in [7, 11) is 0. The van der Waals surface area contributed by atoms with Gasteiger partial charge in [0.15, 0.2) is 0 Å². The van der Waals surface area contributed by atoms with Crippen LogP contribution in [0.5, 0.6) is 0 Å². The highest BCUT2D eigenvalue weighted by atomic mass is 16.2. The Bertz CT molecular complexity index is 478. The van der Waals surface area contributed by atoms with Crippen LogP contribution in [-0.2, 0) is 10.2 Å². The molecule has 0 atom stereocenters. The molecule has 1 aliphatic rings. The van der Waals surface area contributed by atoms with Gasteiger partial charge in [0.1, 0.15) is 0 Å². The van der Waals surface area contributed by atoms with Crippen molar-refractivity contribution in [3.05, 3.63) is 29.8 Å². The Kier molecular flexibility index (Phi) is 3.46. The summed E-state index contributed by atoms with van der Waals surface area (Å²) in [5, 5.41) is 3.10. The van der Waals surface area contributed by atoms with E-state index in [1.54, 1.807) is 0 Å². The molecular formula is C17H25NO. The lowest BCUT2D eigenvalue weighted by atomic mass is 9.79. The highest BCUT2D eigenvalue weighted by Gasteiger charge is 2.40. The van der Waals surface area contributed by atoms with E-state index in [0.717, 1.165) is 11.6 Å². The summed E-state index contributed by atoms with van der Waals surface area (Å²) in [6, 6.07) is 8.22. The molecule has 1 saturated carbocycles. The van der Waals surface area contributed by atoms with Crippen molar-refractivity contribution in [3.8, 4) is 0 Å². The summed E-state index contributed by atoms with van der Waals surface area (Å²) < 4.78 is 0. The van der Waals surface area contributed by atoms with E-state index in [-0.39, 0.29) is 16.7 Å². The molecule has 1 amide bonds. The van der Waals surface area contributed by atoms with Gasteiger partial charge < -0.3 is 5.32 Å². The molecule has 1 N–H and O–H groups in total. The van der Waals surface area contributed by atoms with Gasteiger partial charge in [-0.2, -0.15) is 0 Å². The van der Waals surface area contributed by atoms with Gasteiger partial charge in [-0.15, -0.1) is 0 Å². The third kappa shape index (κ3) is 2.99. The number of carbonyl (C=O) groups is 1. The number of carbonyl (C=O) groups excluding carboxylic acids is 1. The smallest absolute Gasteiger partial charge is 0.229 e. The molecule has 0 saturated heterocycles. The molecule has 0 heterocycles. The van der Waals surface area contributed by atoms with E-state index in [0.29, 0.717) is 0 Å². The van der Waals surface area contributed by atoms with Gasteiger partial charge in [0.25, 0.3) is 0 Å². The molecule has 1 aliphatic carbocycles. The van der Waals surface area contributed by atoms with Gasteiger partial charge in [0, 0.05) is 11.1 Å². The Labute approximate surface area is 116 Å². The summed E-state index contributed by atoms with van der Waals surface area (Å²) in [5.74, 6) is 0.826. The number of nitrogens with one attached hydrogen (secondary N) is 1. The van der Waals surface area contributed by atoms with Crippen LogP contribution in [0.15, 0.2) is 24.3 Å². The zero-order chi connectivity index (χ0) is 14.3. The van der Waals surface area contributed by atoms with Crippen molar-refractivity contribution in [2.24, 2.45) is 11.3 Å². The molecule has 0 radical (unpaired) electrons. The first-order chi connectivity index (χ1) is 8.73. The number of para-hydroxylation sites is 1. The maximum atomic E-state index is 12.2. The summed E-state index contributed by atoms with van der Waals surface area (Å²) in [6.07, 6.45) is 2.60. The molecule has 0 aromatic heterocycles. The average Bonchev–Trinajstić information content (AvgIpc) is 3.12. The van der Waals surface area contributed by atoms with Gasteiger partial charge in [0.2, 0.25) is 5.91 Å². The van der Waals surface area contributed by atoms with E-state index in [9.17, 15) is 4.79 Å². The first-order valence-corrected chi connectivity index (χ1v) is 7.14. The average molecular weight is 259 g/mol. The largest absolute Gasteiger partial charge is 0.325 e. The monoisotopic (exact) mass is 259 g/mol. The fraction of sp³-hybridized carbons (Fsp3) is 0.588. The molecule has 2 nitrogen and oxygen atoms in total. The highest BCUT2D eigenvalue weighted by Crippen LogP contribution is 2.48. The van der Waals surface area contributed by atoms with Crippen LogP contribution in [0.2, 0.25) is 0 Å². The quantitative estimate of drug-likeness (QED) is 0.858. The molecule has 0 bridgehead atoms. The Morgan fingerprint density at radius 3 is 2.21 bits per heavy atom. The molecule has 0 spiro atoms. The fourth-order valence-corrected chi connectivity index (χ4v) is 2.49. The minimum absolute atomic E-state index is 0.0755. The number of rotatable bonds is 3. The zero-order valence-corrected chi connectivity index (χ0v) is 12.7. The predicted octanol–water partition coefficient (Wildman–Crippen LogP) is 4.36. The predicted molar refractivity (Wildman–Crippen MR) is 80.3 cm³/mol. The fourth-order valence-electron chi connectivity index (χ4n) is 2.49. The van der Waals surface area contributed by atoms with E-state index in [1.807, 2.05) is 32.9 Å². The van der Waals surface area contributed by atoms with Crippen LogP contribution in [0, 0.1) is 11.3 Å². The lowest BCUT2D eigenvalue weighted by Crippen LogP contribution is -2.30. The Balaban J connectivity index is 2.29. The van der Waals surface area contributed by atoms with Crippen molar-refractivity contribution in [1.82, 2.24) is 0 Å². The minimum atomic E-state index is -0.364. The van der Waals surface area contributed by atoms with Gasteiger partial charge in [0.05, 0.1) is 0 Å². The summed E-state index contributed by atoms with van der Waals surface area (Å²) >= 11 is 0. The van der Waals surface area contributed by atoms with Crippen LogP contribution in [-0.4, -0.2) is 5.91 Å². The third-order valence-corrected chi connectivity index (χ3v) is 4.15. The standard InChI is InChI=1S/C17H25NO/c1-16(2,3)15(19)18-14-9-7-6-8-13(14)17(4,5)12-10-11-12/h6-9,12H,10-11H2,1-5H3,(H,18,19). The van der Waals surface area contributed by atoms with Crippen LogP contribution in [0.4, 0.5) is 5.69 Å². The third-order valence-electron chi connectivity index (χ3n) is 4.15. The molecule has 0 unspecified atom stereocenters. The molecule has 19 heavy (non-hydrogen) atoms. The second-order valence-corrected chi connectivity index (χ2v) is 7.25. The second kappa shape index (κ2) is 4.66. The molecule has 1 aromatic carbocycles. The number of benzene rings is 1. The molecule has 104 valence electrons. The number of hydrogen-bond donors (Lipinski definition) is 1. The lowest BCUT2D eigenvalue weighted by molar-refractivity contribution is -0.123. The Morgan fingerprint density at radius 1 is 1.11 bits per heavy atom.